The van der Waals surface area contributed by atoms with Crippen LogP contribution in [0.1, 0.15) is 84.5 Å². The molecule has 5 aliphatic rings. The summed E-state index contributed by atoms with van der Waals surface area (Å²) in [5.74, 6) is 5.10. The zero-order chi connectivity index (χ0) is 21.1. The van der Waals surface area contributed by atoms with Crippen molar-refractivity contribution in [3.05, 3.63) is 12.2 Å². The summed E-state index contributed by atoms with van der Waals surface area (Å²) in [6, 6.07) is 0. The molecular weight excluding hydrogens is 370 g/mol. The van der Waals surface area contributed by atoms with Crippen molar-refractivity contribution >= 4 is 0 Å². The minimum absolute atomic E-state index is 0.0863. The van der Waals surface area contributed by atoms with Gasteiger partial charge < -0.3 is 10.2 Å². The Morgan fingerprint density at radius 2 is 1.63 bits per heavy atom. The second-order valence-corrected chi connectivity index (χ2v) is 12.5. The fraction of sp³-hybridized carbons (Fsp3) is 0.926. The molecule has 4 aliphatic carbocycles. The molecule has 5 fully saturated rings. The first-order valence-electron chi connectivity index (χ1n) is 13.1. The minimum atomic E-state index is -0.405. The molecule has 3 nitrogen and oxygen atoms in total. The van der Waals surface area contributed by atoms with Crippen LogP contribution in [0.3, 0.4) is 0 Å². The number of aliphatic hydroxyl groups excluding tert-OH is 1. The molecule has 170 valence electrons. The van der Waals surface area contributed by atoms with Gasteiger partial charge in [0.1, 0.15) is 0 Å². The van der Waals surface area contributed by atoms with Crippen LogP contribution in [0.15, 0.2) is 12.2 Å². The zero-order valence-corrected chi connectivity index (χ0v) is 19.5. The molecule has 5 rings (SSSR count). The Kier molecular flexibility index (Phi) is 5.64. The zero-order valence-electron chi connectivity index (χ0n) is 19.5. The summed E-state index contributed by atoms with van der Waals surface area (Å²) < 4.78 is 0. The third-order valence-corrected chi connectivity index (χ3v) is 10.7. The molecule has 8 atom stereocenters. The summed E-state index contributed by atoms with van der Waals surface area (Å²) in [6.45, 7) is 12.4. The average molecular weight is 416 g/mol. The van der Waals surface area contributed by atoms with Crippen LogP contribution in [0.2, 0.25) is 0 Å². The Labute approximate surface area is 184 Å². The van der Waals surface area contributed by atoms with Crippen LogP contribution >= 0.6 is 0 Å². The molecule has 0 amide bonds. The van der Waals surface area contributed by atoms with Crippen molar-refractivity contribution in [1.82, 2.24) is 4.90 Å². The molecule has 0 spiro atoms. The second-order valence-electron chi connectivity index (χ2n) is 12.5. The van der Waals surface area contributed by atoms with Crippen LogP contribution < -0.4 is 0 Å². The van der Waals surface area contributed by atoms with Gasteiger partial charge in [-0.15, -0.1) is 0 Å². The van der Waals surface area contributed by atoms with Crippen LogP contribution in [-0.4, -0.2) is 46.5 Å². The summed E-state index contributed by atoms with van der Waals surface area (Å²) in [7, 11) is 0. The molecule has 30 heavy (non-hydrogen) atoms. The molecule has 2 N–H and O–H groups in total. The number of piperidine rings is 1. The summed E-state index contributed by atoms with van der Waals surface area (Å²) in [6.07, 6.45) is 13.4. The normalized spacial score (nSPS) is 49.9. The van der Waals surface area contributed by atoms with Crippen LogP contribution in [0.4, 0.5) is 0 Å². The maximum Gasteiger partial charge on any atom is 0.0622 e. The van der Waals surface area contributed by atoms with Gasteiger partial charge in [-0.3, -0.25) is 4.90 Å². The lowest BCUT2D eigenvalue weighted by atomic mass is 9.49. The van der Waals surface area contributed by atoms with Crippen molar-refractivity contribution in [1.29, 1.82) is 0 Å². The molecule has 1 aliphatic heterocycles. The molecule has 0 aromatic carbocycles. The van der Waals surface area contributed by atoms with E-state index in [1.165, 1.54) is 50.5 Å². The van der Waals surface area contributed by atoms with E-state index in [1.54, 1.807) is 0 Å². The predicted octanol–water partition coefficient (Wildman–Crippen LogP) is 5.02. The van der Waals surface area contributed by atoms with Gasteiger partial charge in [-0.05, 0) is 118 Å². The van der Waals surface area contributed by atoms with Crippen LogP contribution in [0, 0.1) is 40.9 Å². The number of hydrogen-bond donors (Lipinski definition) is 2. The summed E-state index contributed by atoms with van der Waals surface area (Å²) >= 11 is 0. The molecule has 0 radical (unpaired) electrons. The lowest BCUT2D eigenvalue weighted by Gasteiger charge is -2.57. The fourth-order valence-electron chi connectivity index (χ4n) is 9.23. The number of likely N-dealkylation sites (tertiary alicyclic amines) is 1. The monoisotopic (exact) mass is 415 g/mol. The molecule has 1 heterocycles. The quantitative estimate of drug-likeness (QED) is 0.636. The fourth-order valence-corrected chi connectivity index (χ4v) is 9.23. The minimum Gasteiger partial charge on any atom is -0.393 e. The third kappa shape index (κ3) is 3.71. The van der Waals surface area contributed by atoms with E-state index in [0.29, 0.717) is 11.3 Å². The lowest BCUT2D eigenvalue weighted by Crippen LogP contribution is -2.50. The Morgan fingerprint density at radius 1 is 0.900 bits per heavy atom. The number of nitrogens with zero attached hydrogens (tertiary/aromatic N) is 1. The highest BCUT2D eigenvalue weighted by Crippen LogP contribution is 2.65. The Hall–Kier alpha value is -0.380. The van der Waals surface area contributed by atoms with Crippen molar-refractivity contribution in [3.63, 3.8) is 0 Å². The Bertz CT molecular complexity index is 651. The standard InChI is InChI=1S/C27H45NO2/c1-18(17-28-14-10-20(29)11-15-28)24-6-7-25-23-5-4-19-16-26(2,30)12-8-21(19)22(23)9-13-27(24,25)3/h19-25,29-30H,1,4-17H2,2-3H3/t19-,21-,22+,23+,24+,25-,26+,27+/m0/s1. The number of rotatable bonds is 3. The van der Waals surface area contributed by atoms with E-state index in [4.69, 9.17) is 0 Å². The SMILES string of the molecule is C=C(CN1CCC(O)CC1)[C@H]1CC[C@H]2[C@@H]3CC[C@H]4C[C@](C)(O)CC[C@@H]4[C@H]3CC[C@]12C. The van der Waals surface area contributed by atoms with Gasteiger partial charge >= 0.3 is 0 Å². The molecule has 4 saturated carbocycles. The van der Waals surface area contributed by atoms with Gasteiger partial charge in [-0.2, -0.15) is 0 Å². The molecule has 0 unspecified atom stereocenters. The molecule has 0 bridgehead atoms. The summed E-state index contributed by atoms with van der Waals surface area (Å²) in [5, 5.41) is 20.4. The average Bonchev–Trinajstić information content (AvgIpc) is 3.06. The van der Waals surface area contributed by atoms with Crippen LogP contribution in [-0.2, 0) is 0 Å². The van der Waals surface area contributed by atoms with E-state index in [9.17, 15) is 10.2 Å². The van der Waals surface area contributed by atoms with Crippen molar-refractivity contribution in [2.45, 2.75) is 96.2 Å². The highest BCUT2D eigenvalue weighted by molar-refractivity contribution is 5.17. The largest absolute Gasteiger partial charge is 0.393 e. The van der Waals surface area contributed by atoms with Crippen LogP contribution in [0.5, 0.6) is 0 Å². The van der Waals surface area contributed by atoms with E-state index in [0.717, 1.165) is 74.9 Å². The van der Waals surface area contributed by atoms with Gasteiger partial charge in [0.05, 0.1) is 11.7 Å². The molecule has 0 aromatic rings. The van der Waals surface area contributed by atoms with E-state index >= 15 is 0 Å². The first-order valence-corrected chi connectivity index (χ1v) is 13.1. The Balaban J connectivity index is 1.26. The number of fused-ring (bicyclic) bond motifs is 5. The number of aliphatic hydroxyl groups is 2. The van der Waals surface area contributed by atoms with Gasteiger partial charge in [0.25, 0.3) is 0 Å². The Morgan fingerprint density at radius 3 is 2.40 bits per heavy atom. The first kappa shape index (κ1) is 21.5. The molecule has 1 saturated heterocycles. The molecular formula is C27H45NO2. The second kappa shape index (κ2) is 7.89. The first-order chi connectivity index (χ1) is 14.3. The third-order valence-electron chi connectivity index (χ3n) is 10.7. The summed E-state index contributed by atoms with van der Waals surface area (Å²) in [4.78, 5) is 2.54. The highest BCUT2D eigenvalue weighted by atomic mass is 16.3. The van der Waals surface area contributed by atoms with Gasteiger partial charge in [0, 0.05) is 19.6 Å². The van der Waals surface area contributed by atoms with Crippen LogP contribution in [0.25, 0.3) is 0 Å². The van der Waals surface area contributed by atoms with Gasteiger partial charge in [0.2, 0.25) is 0 Å². The topological polar surface area (TPSA) is 43.7 Å². The maximum atomic E-state index is 10.6. The summed E-state index contributed by atoms with van der Waals surface area (Å²) in [5.41, 5.74) is 1.54. The van der Waals surface area contributed by atoms with E-state index < -0.39 is 5.60 Å². The van der Waals surface area contributed by atoms with Crippen molar-refractivity contribution in [3.8, 4) is 0 Å². The highest BCUT2D eigenvalue weighted by Gasteiger charge is 2.57. The van der Waals surface area contributed by atoms with Gasteiger partial charge in [-0.25, -0.2) is 0 Å². The van der Waals surface area contributed by atoms with Gasteiger partial charge in [-0.1, -0.05) is 19.1 Å². The smallest absolute Gasteiger partial charge is 0.0622 e. The predicted molar refractivity (Wildman–Crippen MR) is 122 cm³/mol. The van der Waals surface area contributed by atoms with Crippen molar-refractivity contribution < 1.29 is 10.2 Å². The lowest BCUT2D eigenvalue weighted by molar-refractivity contribution is -0.0979. The van der Waals surface area contributed by atoms with E-state index in [1.807, 2.05) is 0 Å². The molecule has 3 heteroatoms. The van der Waals surface area contributed by atoms with Gasteiger partial charge in [0.15, 0.2) is 0 Å². The van der Waals surface area contributed by atoms with Crippen molar-refractivity contribution in [2.75, 3.05) is 19.6 Å². The van der Waals surface area contributed by atoms with E-state index in [-0.39, 0.29) is 6.10 Å². The van der Waals surface area contributed by atoms with E-state index in [2.05, 4.69) is 25.3 Å². The maximum absolute atomic E-state index is 10.6. The molecule has 0 aromatic heterocycles. The number of hydrogen-bond acceptors (Lipinski definition) is 3. The van der Waals surface area contributed by atoms with Crippen molar-refractivity contribution in [2.24, 2.45) is 40.9 Å².